The molecule has 0 fully saturated rings. The first-order chi connectivity index (χ1) is 16.2. The smallest absolute Gasteiger partial charge is 0.344 e. The number of urea groups is 1. The molecule has 3 aromatic carbocycles. The van der Waals surface area contributed by atoms with E-state index in [9.17, 15) is 18.0 Å². The standard InChI is InChI=1S/C26H24N2O5S/c1-4-27-26(30)28(34(31,32)21-12-9-17(2)10-13-21)20-11-14-24-19(15-20)16-23(25(29)33-24)22-8-6-5-7-18(22)3/h5-16H,4H2,1-3H3,(H,27,30). The van der Waals surface area contributed by atoms with Gasteiger partial charge in [-0.25, -0.2) is 18.0 Å². The first-order valence-corrected chi connectivity index (χ1v) is 12.2. The van der Waals surface area contributed by atoms with E-state index in [0.717, 1.165) is 21.0 Å². The van der Waals surface area contributed by atoms with Gasteiger partial charge in [-0.1, -0.05) is 42.0 Å². The van der Waals surface area contributed by atoms with Crippen LogP contribution >= 0.6 is 0 Å². The van der Waals surface area contributed by atoms with E-state index < -0.39 is 21.7 Å². The molecule has 174 valence electrons. The number of amides is 2. The zero-order valence-corrected chi connectivity index (χ0v) is 19.8. The van der Waals surface area contributed by atoms with Crippen molar-refractivity contribution < 1.29 is 17.6 Å². The number of aryl methyl sites for hydroxylation is 2. The third kappa shape index (κ3) is 4.32. The largest absolute Gasteiger partial charge is 0.422 e. The summed E-state index contributed by atoms with van der Waals surface area (Å²) in [7, 11) is -4.21. The zero-order chi connectivity index (χ0) is 24.5. The molecule has 4 aromatic rings. The van der Waals surface area contributed by atoms with Crippen LogP contribution in [0.3, 0.4) is 0 Å². The van der Waals surface area contributed by atoms with E-state index in [0.29, 0.717) is 10.9 Å². The Morgan fingerprint density at radius 2 is 1.65 bits per heavy atom. The second-order valence-electron chi connectivity index (χ2n) is 7.90. The summed E-state index contributed by atoms with van der Waals surface area (Å²) >= 11 is 0. The minimum absolute atomic E-state index is 0.00959. The van der Waals surface area contributed by atoms with Crippen LogP contribution in [0, 0.1) is 13.8 Å². The van der Waals surface area contributed by atoms with Gasteiger partial charge in [0.25, 0.3) is 10.0 Å². The number of hydrogen-bond donors (Lipinski definition) is 1. The van der Waals surface area contributed by atoms with Gasteiger partial charge < -0.3 is 9.73 Å². The molecule has 0 aliphatic carbocycles. The van der Waals surface area contributed by atoms with Gasteiger partial charge in [0.2, 0.25) is 0 Å². The van der Waals surface area contributed by atoms with Crippen molar-refractivity contribution in [3.63, 3.8) is 0 Å². The second-order valence-corrected chi connectivity index (χ2v) is 9.69. The maximum atomic E-state index is 13.5. The van der Waals surface area contributed by atoms with E-state index in [1.165, 1.54) is 30.3 Å². The molecule has 4 rings (SSSR count). The fourth-order valence-electron chi connectivity index (χ4n) is 3.70. The molecule has 0 saturated carbocycles. The maximum Gasteiger partial charge on any atom is 0.344 e. The van der Waals surface area contributed by atoms with Crippen molar-refractivity contribution in [2.24, 2.45) is 0 Å². The van der Waals surface area contributed by atoms with Gasteiger partial charge in [0.15, 0.2) is 0 Å². The molecule has 0 unspecified atom stereocenters. The van der Waals surface area contributed by atoms with Gasteiger partial charge in [0, 0.05) is 11.9 Å². The normalized spacial score (nSPS) is 11.4. The Morgan fingerprint density at radius 1 is 0.941 bits per heavy atom. The lowest BCUT2D eigenvalue weighted by atomic mass is 10.0. The van der Waals surface area contributed by atoms with Crippen LogP contribution in [0.25, 0.3) is 22.1 Å². The number of fused-ring (bicyclic) bond motifs is 1. The summed E-state index contributed by atoms with van der Waals surface area (Å²) in [6.07, 6.45) is 0. The molecule has 0 aliphatic heterocycles. The van der Waals surface area contributed by atoms with Crippen LogP contribution in [0.4, 0.5) is 10.5 Å². The van der Waals surface area contributed by atoms with Gasteiger partial charge in [-0.2, -0.15) is 4.31 Å². The van der Waals surface area contributed by atoms with Crippen molar-refractivity contribution in [2.75, 3.05) is 10.8 Å². The molecule has 0 aliphatic rings. The lowest BCUT2D eigenvalue weighted by molar-refractivity contribution is 0.250. The molecule has 1 N–H and O–H groups in total. The number of benzene rings is 3. The molecular formula is C26H24N2O5S. The fourth-order valence-corrected chi connectivity index (χ4v) is 5.07. The summed E-state index contributed by atoms with van der Waals surface area (Å²) in [5.74, 6) is 0. The average Bonchev–Trinajstić information content (AvgIpc) is 2.80. The number of hydrogen-bond acceptors (Lipinski definition) is 5. The van der Waals surface area contributed by atoms with Crippen LogP contribution in [0.1, 0.15) is 18.1 Å². The van der Waals surface area contributed by atoms with Gasteiger partial charge >= 0.3 is 11.7 Å². The molecule has 0 bridgehead atoms. The van der Waals surface area contributed by atoms with E-state index in [-0.39, 0.29) is 22.7 Å². The molecule has 0 atom stereocenters. The molecule has 8 heteroatoms. The topological polar surface area (TPSA) is 96.7 Å². The second kappa shape index (κ2) is 9.15. The predicted molar refractivity (Wildman–Crippen MR) is 133 cm³/mol. The third-order valence-electron chi connectivity index (χ3n) is 5.46. The minimum Gasteiger partial charge on any atom is -0.422 e. The third-order valence-corrected chi connectivity index (χ3v) is 7.18. The summed E-state index contributed by atoms with van der Waals surface area (Å²) in [6.45, 7) is 5.69. The summed E-state index contributed by atoms with van der Waals surface area (Å²) in [5, 5.41) is 3.06. The summed E-state index contributed by atoms with van der Waals surface area (Å²) in [5.41, 5.74) is 2.79. The highest BCUT2D eigenvalue weighted by molar-refractivity contribution is 7.93. The number of carbonyl (C=O) groups is 1. The van der Waals surface area contributed by atoms with Crippen LogP contribution in [0.5, 0.6) is 0 Å². The van der Waals surface area contributed by atoms with Gasteiger partial charge in [-0.15, -0.1) is 0 Å². The van der Waals surface area contributed by atoms with E-state index in [4.69, 9.17) is 4.42 Å². The van der Waals surface area contributed by atoms with Crippen LogP contribution in [-0.2, 0) is 10.0 Å². The van der Waals surface area contributed by atoms with Crippen molar-refractivity contribution >= 4 is 32.7 Å². The average molecular weight is 477 g/mol. The predicted octanol–water partition coefficient (Wildman–Crippen LogP) is 5.00. The Bertz CT molecular complexity index is 1540. The number of sulfonamides is 1. The monoisotopic (exact) mass is 476 g/mol. The Morgan fingerprint density at radius 3 is 2.32 bits per heavy atom. The van der Waals surface area contributed by atoms with Crippen molar-refractivity contribution in [3.05, 3.63) is 94.3 Å². The number of rotatable bonds is 5. The Kier molecular flexibility index (Phi) is 6.26. The zero-order valence-electron chi connectivity index (χ0n) is 19.0. The van der Waals surface area contributed by atoms with Crippen LogP contribution < -0.4 is 15.2 Å². The molecule has 2 amide bonds. The molecule has 1 aromatic heterocycles. The molecule has 0 radical (unpaired) electrons. The van der Waals surface area contributed by atoms with Crippen LogP contribution in [-0.4, -0.2) is 21.0 Å². The number of carbonyl (C=O) groups excluding carboxylic acids is 1. The number of nitrogens with one attached hydrogen (secondary N) is 1. The van der Waals surface area contributed by atoms with Gasteiger partial charge in [0.1, 0.15) is 5.58 Å². The van der Waals surface area contributed by atoms with E-state index >= 15 is 0 Å². The van der Waals surface area contributed by atoms with Gasteiger partial charge in [-0.3, -0.25) is 0 Å². The maximum absolute atomic E-state index is 13.5. The first-order valence-electron chi connectivity index (χ1n) is 10.8. The SMILES string of the molecule is CCNC(=O)N(c1ccc2oc(=O)c(-c3ccccc3C)cc2c1)S(=O)(=O)c1ccc(C)cc1. The number of nitrogens with zero attached hydrogens (tertiary/aromatic N) is 1. The summed E-state index contributed by atoms with van der Waals surface area (Å²) < 4.78 is 33.2. The van der Waals surface area contributed by atoms with E-state index in [1.807, 2.05) is 38.1 Å². The van der Waals surface area contributed by atoms with E-state index in [1.54, 1.807) is 25.1 Å². The molecule has 0 spiro atoms. The summed E-state index contributed by atoms with van der Waals surface area (Å²) in [4.78, 5) is 25.5. The molecule has 7 nitrogen and oxygen atoms in total. The highest BCUT2D eigenvalue weighted by Gasteiger charge is 2.31. The quantitative estimate of drug-likeness (QED) is 0.409. The first kappa shape index (κ1) is 23.3. The number of anilines is 1. The Balaban J connectivity index is 1.89. The molecule has 0 saturated heterocycles. The highest BCUT2D eigenvalue weighted by Crippen LogP contribution is 2.30. The van der Waals surface area contributed by atoms with Crippen molar-refractivity contribution in [3.8, 4) is 11.1 Å². The molecule has 34 heavy (non-hydrogen) atoms. The van der Waals surface area contributed by atoms with Crippen molar-refractivity contribution in [1.82, 2.24) is 5.32 Å². The van der Waals surface area contributed by atoms with Gasteiger partial charge in [0.05, 0.1) is 16.1 Å². The molecule has 1 heterocycles. The summed E-state index contributed by atoms with van der Waals surface area (Å²) in [6, 6.07) is 19.0. The minimum atomic E-state index is -4.21. The van der Waals surface area contributed by atoms with Gasteiger partial charge in [-0.05, 0) is 68.3 Å². The lowest BCUT2D eigenvalue weighted by Crippen LogP contribution is -2.43. The van der Waals surface area contributed by atoms with Crippen LogP contribution in [0.2, 0.25) is 0 Å². The molecular weight excluding hydrogens is 452 g/mol. The Hall–Kier alpha value is -3.91. The van der Waals surface area contributed by atoms with E-state index in [2.05, 4.69) is 5.32 Å². The van der Waals surface area contributed by atoms with Crippen molar-refractivity contribution in [1.29, 1.82) is 0 Å². The van der Waals surface area contributed by atoms with Crippen LogP contribution in [0.15, 0.2) is 86.9 Å². The van der Waals surface area contributed by atoms with Crippen molar-refractivity contribution in [2.45, 2.75) is 25.7 Å². The highest BCUT2D eigenvalue weighted by atomic mass is 32.2. The fraction of sp³-hybridized carbons (Fsp3) is 0.154. The Labute approximate surface area is 197 Å². The lowest BCUT2D eigenvalue weighted by Gasteiger charge is -2.23.